The molecule has 0 spiro atoms. The minimum atomic E-state index is -0.171. The highest BCUT2D eigenvalue weighted by Gasteiger charge is 2.10. The van der Waals surface area contributed by atoms with Gasteiger partial charge in [0, 0.05) is 11.3 Å². The van der Waals surface area contributed by atoms with Crippen LogP contribution in [0.25, 0.3) is 0 Å². The van der Waals surface area contributed by atoms with Gasteiger partial charge in [0.05, 0.1) is 17.7 Å². The lowest BCUT2D eigenvalue weighted by Crippen LogP contribution is -2.12. The zero-order chi connectivity index (χ0) is 17.5. The molecule has 24 heavy (non-hydrogen) atoms. The minimum Gasteiger partial charge on any atom is -0.494 e. The predicted octanol–water partition coefficient (Wildman–Crippen LogP) is 5.13. The highest BCUT2D eigenvalue weighted by atomic mass is 79.9. The maximum absolute atomic E-state index is 12.4. The summed E-state index contributed by atoms with van der Waals surface area (Å²) in [6.45, 7) is 7.36. The Bertz CT molecular complexity index is 684. The van der Waals surface area contributed by atoms with E-state index in [4.69, 9.17) is 9.47 Å². The number of nitrogens with one attached hydrogen (secondary N) is 1. The Labute approximate surface area is 151 Å². The fraction of sp³-hybridized carbons (Fsp3) is 0.316. The Kier molecular flexibility index (Phi) is 6.67. The third kappa shape index (κ3) is 5.27. The fourth-order valence-electron chi connectivity index (χ4n) is 2.02. The molecule has 0 heterocycles. The summed E-state index contributed by atoms with van der Waals surface area (Å²) < 4.78 is 11.8. The van der Waals surface area contributed by atoms with Crippen molar-refractivity contribution >= 4 is 27.5 Å². The monoisotopic (exact) mass is 391 g/mol. The smallest absolute Gasteiger partial charge is 0.255 e. The van der Waals surface area contributed by atoms with E-state index in [1.807, 2.05) is 31.2 Å². The van der Waals surface area contributed by atoms with Gasteiger partial charge in [0.1, 0.15) is 11.5 Å². The van der Waals surface area contributed by atoms with Crippen LogP contribution in [-0.2, 0) is 0 Å². The Hall–Kier alpha value is -2.01. The molecule has 0 saturated carbocycles. The average Bonchev–Trinajstić information content (AvgIpc) is 2.55. The van der Waals surface area contributed by atoms with Gasteiger partial charge in [-0.05, 0) is 71.2 Å². The van der Waals surface area contributed by atoms with Crippen molar-refractivity contribution in [1.29, 1.82) is 0 Å². The lowest BCUT2D eigenvalue weighted by Gasteiger charge is -2.12. The standard InChI is InChI=1S/C19H22BrNO3/c1-4-23-16-8-6-15(7-9-16)21-19(22)14-5-10-18(17(20)11-14)24-12-13(2)3/h5-11,13H,4,12H2,1-3H3,(H,21,22). The Balaban J connectivity index is 2.02. The van der Waals surface area contributed by atoms with Gasteiger partial charge in [0.15, 0.2) is 0 Å². The predicted molar refractivity (Wildman–Crippen MR) is 100 cm³/mol. The van der Waals surface area contributed by atoms with Crippen molar-refractivity contribution in [3.8, 4) is 11.5 Å². The molecule has 0 aliphatic heterocycles. The lowest BCUT2D eigenvalue weighted by molar-refractivity contribution is 0.102. The second kappa shape index (κ2) is 8.73. The number of rotatable bonds is 7. The van der Waals surface area contributed by atoms with Gasteiger partial charge in [-0.25, -0.2) is 0 Å². The zero-order valence-electron chi connectivity index (χ0n) is 14.1. The minimum absolute atomic E-state index is 0.171. The summed E-state index contributed by atoms with van der Waals surface area (Å²) >= 11 is 3.46. The van der Waals surface area contributed by atoms with Crippen LogP contribution in [0.2, 0.25) is 0 Å². The van der Waals surface area contributed by atoms with Gasteiger partial charge < -0.3 is 14.8 Å². The fourth-order valence-corrected chi connectivity index (χ4v) is 2.51. The SMILES string of the molecule is CCOc1ccc(NC(=O)c2ccc(OCC(C)C)c(Br)c2)cc1. The van der Waals surface area contributed by atoms with Gasteiger partial charge in [-0.3, -0.25) is 4.79 Å². The number of halogens is 1. The van der Waals surface area contributed by atoms with Crippen molar-refractivity contribution in [1.82, 2.24) is 0 Å². The van der Waals surface area contributed by atoms with Crippen molar-refractivity contribution in [3.63, 3.8) is 0 Å². The van der Waals surface area contributed by atoms with Crippen LogP contribution in [0.4, 0.5) is 5.69 Å². The number of hydrogen-bond acceptors (Lipinski definition) is 3. The molecule has 2 rings (SSSR count). The normalized spacial score (nSPS) is 10.5. The maximum atomic E-state index is 12.4. The molecule has 128 valence electrons. The molecule has 1 amide bonds. The highest BCUT2D eigenvalue weighted by Crippen LogP contribution is 2.27. The van der Waals surface area contributed by atoms with E-state index in [9.17, 15) is 4.79 Å². The largest absolute Gasteiger partial charge is 0.494 e. The summed E-state index contributed by atoms with van der Waals surface area (Å²) in [5.74, 6) is 1.79. The van der Waals surface area contributed by atoms with E-state index in [-0.39, 0.29) is 5.91 Å². The molecule has 1 N–H and O–H groups in total. The van der Waals surface area contributed by atoms with Gasteiger partial charge in [-0.15, -0.1) is 0 Å². The number of anilines is 1. The topological polar surface area (TPSA) is 47.6 Å². The molecule has 0 aromatic heterocycles. The molecule has 0 aliphatic carbocycles. The first-order valence-electron chi connectivity index (χ1n) is 7.96. The number of benzene rings is 2. The quantitative estimate of drug-likeness (QED) is 0.710. The molecule has 0 fully saturated rings. The Morgan fingerprint density at radius 3 is 2.42 bits per heavy atom. The second-order valence-electron chi connectivity index (χ2n) is 5.76. The molecular formula is C19H22BrNO3. The van der Waals surface area contributed by atoms with Gasteiger partial charge in [-0.1, -0.05) is 13.8 Å². The van der Waals surface area contributed by atoms with Crippen molar-refractivity contribution in [3.05, 3.63) is 52.5 Å². The zero-order valence-corrected chi connectivity index (χ0v) is 15.7. The number of ether oxygens (including phenoxy) is 2. The molecule has 2 aromatic carbocycles. The molecule has 0 radical (unpaired) electrons. The summed E-state index contributed by atoms with van der Waals surface area (Å²) in [7, 11) is 0. The van der Waals surface area contributed by atoms with Gasteiger partial charge in [-0.2, -0.15) is 0 Å². The molecular weight excluding hydrogens is 370 g/mol. The first-order valence-corrected chi connectivity index (χ1v) is 8.75. The van der Waals surface area contributed by atoms with Gasteiger partial charge >= 0.3 is 0 Å². The van der Waals surface area contributed by atoms with E-state index in [2.05, 4.69) is 35.1 Å². The van der Waals surface area contributed by atoms with E-state index in [0.717, 1.165) is 21.7 Å². The summed E-state index contributed by atoms with van der Waals surface area (Å²) in [4.78, 5) is 12.4. The van der Waals surface area contributed by atoms with Crippen LogP contribution >= 0.6 is 15.9 Å². The summed E-state index contributed by atoms with van der Waals surface area (Å²) in [6.07, 6.45) is 0. The molecule has 0 saturated heterocycles. The van der Waals surface area contributed by atoms with Crippen molar-refractivity contribution in [2.45, 2.75) is 20.8 Å². The summed E-state index contributed by atoms with van der Waals surface area (Å²) in [5, 5.41) is 2.87. The Morgan fingerprint density at radius 2 is 1.83 bits per heavy atom. The third-order valence-corrected chi connectivity index (χ3v) is 3.81. The molecule has 0 bridgehead atoms. The number of amides is 1. The van der Waals surface area contributed by atoms with E-state index < -0.39 is 0 Å². The van der Waals surface area contributed by atoms with Crippen molar-refractivity contribution < 1.29 is 14.3 Å². The molecule has 0 aliphatic rings. The van der Waals surface area contributed by atoms with E-state index in [1.54, 1.807) is 18.2 Å². The van der Waals surface area contributed by atoms with E-state index in [1.165, 1.54) is 0 Å². The van der Waals surface area contributed by atoms with Crippen LogP contribution in [0, 0.1) is 5.92 Å². The Morgan fingerprint density at radius 1 is 1.12 bits per heavy atom. The van der Waals surface area contributed by atoms with Gasteiger partial charge in [0.25, 0.3) is 5.91 Å². The molecule has 5 heteroatoms. The van der Waals surface area contributed by atoms with Crippen molar-refractivity contribution in [2.75, 3.05) is 18.5 Å². The van der Waals surface area contributed by atoms with Crippen LogP contribution < -0.4 is 14.8 Å². The molecule has 4 nitrogen and oxygen atoms in total. The molecule has 2 aromatic rings. The number of hydrogen-bond donors (Lipinski definition) is 1. The summed E-state index contributed by atoms with van der Waals surface area (Å²) in [5.41, 5.74) is 1.28. The van der Waals surface area contributed by atoms with E-state index in [0.29, 0.717) is 24.7 Å². The molecule has 0 atom stereocenters. The first-order chi connectivity index (χ1) is 11.5. The van der Waals surface area contributed by atoms with Crippen LogP contribution in [0.1, 0.15) is 31.1 Å². The second-order valence-corrected chi connectivity index (χ2v) is 6.62. The maximum Gasteiger partial charge on any atom is 0.255 e. The van der Waals surface area contributed by atoms with Crippen LogP contribution in [0.15, 0.2) is 46.9 Å². The van der Waals surface area contributed by atoms with Crippen LogP contribution in [-0.4, -0.2) is 19.1 Å². The number of carbonyl (C=O) groups is 1. The van der Waals surface area contributed by atoms with E-state index >= 15 is 0 Å². The lowest BCUT2D eigenvalue weighted by atomic mass is 10.2. The number of carbonyl (C=O) groups excluding carboxylic acids is 1. The van der Waals surface area contributed by atoms with Gasteiger partial charge in [0.2, 0.25) is 0 Å². The third-order valence-electron chi connectivity index (χ3n) is 3.19. The van der Waals surface area contributed by atoms with Crippen LogP contribution in [0.5, 0.6) is 11.5 Å². The molecule has 0 unspecified atom stereocenters. The highest BCUT2D eigenvalue weighted by molar-refractivity contribution is 9.10. The average molecular weight is 392 g/mol. The first kappa shape index (κ1) is 18.3. The van der Waals surface area contributed by atoms with Crippen molar-refractivity contribution in [2.24, 2.45) is 5.92 Å². The summed E-state index contributed by atoms with van der Waals surface area (Å²) in [6, 6.07) is 12.6. The van der Waals surface area contributed by atoms with Crippen LogP contribution in [0.3, 0.4) is 0 Å².